The predicted octanol–water partition coefficient (Wildman–Crippen LogP) is 1.58. The lowest BCUT2D eigenvalue weighted by Gasteiger charge is -2.03. The SMILES string of the molecule is COC(=O)C(C)=CCSc1nnnn1-c1ccc(O)cc1. The van der Waals surface area contributed by atoms with Crippen LogP contribution >= 0.6 is 11.8 Å². The first kappa shape index (κ1) is 15.0. The normalized spacial score (nSPS) is 11.4. The van der Waals surface area contributed by atoms with Gasteiger partial charge in [-0.25, -0.2) is 4.79 Å². The van der Waals surface area contributed by atoms with Crippen molar-refractivity contribution in [1.82, 2.24) is 20.2 Å². The lowest BCUT2D eigenvalue weighted by Crippen LogP contribution is -2.02. The minimum absolute atomic E-state index is 0.178. The molecule has 0 saturated heterocycles. The number of phenolic OH excluding ortho intramolecular Hbond substituents is 1. The van der Waals surface area contributed by atoms with Gasteiger partial charge in [-0.1, -0.05) is 17.8 Å². The number of benzene rings is 1. The third kappa shape index (κ3) is 3.82. The number of ether oxygens (including phenoxy) is 1. The highest BCUT2D eigenvalue weighted by atomic mass is 32.2. The van der Waals surface area contributed by atoms with E-state index in [9.17, 15) is 9.90 Å². The summed E-state index contributed by atoms with van der Waals surface area (Å²) in [4.78, 5) is 11.3. The molecular weight excluding hydrogens is 292 g/mol. The van der Waals surface area contributed by atoms with Gasteiger partial charge in [0.2, 0.25) is 5.16 Å². The van der Waals surface area contributed by atoms with Crippen LogP contribution in [0.5, 0.6) is 5.75 Å². The fourth-order valence-electron chi connectivity index (χ4n) is 1.51. The minimum atomic E-state index is -0.353. The van der Waals surface area contributed by atoms with Gasteiger partial charge in [0.05, 0.1) is 12.8 Å². The van der Waals surface area contributed by atoms with Gasteiger partial charge in [0.1, 0.15) is 5.75 Å². The number of nitrogens with zero attached hydrogens (tertiary/aromatic N) is 4. The van der Waals surface area contributed by atoms with Crippen molar-refractivity contribution in [2.45, 2.75) is 12.1 Å². The summed E-state index contributed by atoms with van der Waals surface area (Å²) in [5, 5.41) is 21.4. The third-order valence-corrected chi connectivity index (χ3v) is 3.49. The lowest BCUT2D eigenvalue weighted by molar-refractivity contribution is -0.136. The van der Waals surface area contributed by atoms with Crippen LogP contribution in [-0.4, -0.2) is 44.1 Å². The van der Waals surface area contributed by atoms with Crippen LogP contribution in [0.4, 0.5) is 0 Å². The first-order valence-corrected chi connectivity index (χ1v) is 7.06. The largest absolute Gasteiger partial charge is 0.508 e. The second-order valence-electron chi connectivity index (χ2n) is 4.08. The summed E-state index contributed by atoms with van der Waals surface area (Å²) >= 11 is 1.39. The number of aromatic hydroxyl groups is 1. The quantitative estimate of drug-likeness (QED) is 0.509. The Labute approximate surface area is 125 Å². The molecule has 0 spiro atoms. The summed E-state index contributed by atoms with van der Waals surface area (Å²) in [5.74, 6) is 0.366. The van der Waals surface area contributed by atoms with Crippen LogP contribution in [-0.2, 0) is 9.53 Å². The summed E-state index contributed by atoms with van der Waals surface area (Å²) in [7, 11) is 1.35. The van der Waals surface area contributed by atoms with Crippen LogP contribution in [0.25, 0.3) is 5.69 Å². The fourth-order valence-corrected chi connectivity index (χ4v) is 2.35. The second-order valence-corrected chi connectivity index (χ2v) is 5.07. The van der Waals surface area contributed by atoms with Crippen LogP contribution in [0.15, 0.2) is 41.1 Å². The molecule has 0 radical (unpaired) electrons. The fraction of sp³-hybridized carbons (Fsp3) is 0.231. The van der Waals surface area contributed by atoms with Crippen molar-refractivity contribution >= 4 is 17.7 Å². The number of hydrogen-bond acceptors (Lipinski definition) is 7. The maximum atomic E-state index is 11.3. The number of rotatable bonds is 5. The van der Waals surface area contributed by atoms with Gasteiger partial charge in [-0.15, -0.1) is 5.10 Å². The van der Waals surface area contributed by atoms with Crippen LogP contribution in [0.1, 0.15) is 6.92 Å². The number of thioether (sulfide) groups is 1. The van der Waals surface area contributed by atoms with E-state index in [1.165, 1.54) is 18.9 Å². The van der Waals surface area contributed by atoms with Crippen LogP contribution in [0.2, 0.25) is 0 Å². The molecule has 0 aliphatic carbocycles. The maximum Gasteiger partial charge on any atom is 0.333 e. The summed E-state index contributed by atoms with van der Waals surface area (Å²) in [6, 6.07) is 6.55. The van der Waals surface area contributed by atoms with E-state index in [2.05, 4.69) is 20.3 Å². The minimum Gasteiger partial charge on any atom is -0.508 e. The maximum absolute atomic E-state index is 11.3. The predicted molar refractivity (Wildman–Crippen MR) is 77.3 cm³/mol. The smallest absolute Gasteiger partial charge is 0.333 e. The zero-order valence-electron chi connectivity index (χ0n) is 11.6. The molecule has 1 heterocycles. The molecule has 2 aromatic rings. The van der Waals surface area contributed by atoms with Crippen LogP contribution in [0.3, 0.4) is 0 Å². The van der Waals surface area contributed by atoms with E-state index < -0.39 is 0 Å². The van der Waals surface area contributed by atoms with Gasteiger partial charge in [0.15, 0.2) is 0 Å². The molecule has 0 saturated carbocycles. The topological polar surface area (TPSA) is 90.1 Å². The van der Waals surface area contributed by atoms with Crippen molar-refractivity contribution < 1.29 is 14.6 Å². The number of phenols is 1. The van der Waals surface area contributed by atoms with Crippen molar-refractivity contribution in [2.75, 3.05) is 12.9 Å². The monoisotopic (exact) mass is 306 g/mol. The Morgan fingerprint density at radius 3 is 2.81 bits per heavy atom. The van der Waals surface area contributed by atoms with E-state index in [1.54, 1.807) is 41.9 Å². The third-order valence-electron chi connectivity index (χ3n) is 2.64. The molecule has 0 amide bonds. The van der Waals surface area contributed by atoms with Gasteiger partial charge in [-0.2, -0.15) is 4.68 Å². The Balaban J connectivity index is 2.08. The molecular formula is C13H14N4O3S. The van der Waals surface area contributed by atoms with Crippen molar-refractivity contribution in [3.63, 3.8) is 0 Å². The summed E-state index contributed by atoms with van der Waals surface area (Å²) < 4.78 is 6.18. The van der Waals surface area contributed by atoms with E-state index in [1.807, 2.05) is 0 Å². The Hall–Kier alpha value is -2.35. The average Bonchev–Trinajstić information content (AvgIpc) is 2.95. The summed E-state index contributed by atoms with van der Waals surface area (Å²) in [6.45, 7) is 1.69. The molecule has 0 aliphatic heterocycles. The highest BCUT2D eigenvalue weighted by Gasteiger charge is 2.09. The van der Waals surface area contributed by atoms with Gasteiger partial charge in [-0.05, 0) is 41.6 Å². The molecule has 0 aliphatic rings. The first-order valence-electron chi connectivity index (χ1n) is 6.07. The number of tetrazole rings is 1. The first-order chi connectivity index (χ1) is 10.1. The van der Waals surface area contributed by atoms with E-state index in [4.69, 9.17) is 0 Å². The van der Waals surface area contributed by atoms with Crippen molar-refractivity contribution in [3.05, 3.63) is 35.9 Å². The second kappa shape index (κ2) is 6.89. The highest BCUT2D eigenvalue weighted by Crippen LogP contribution is 2.20. The van der Waals surface area contributed by atoms with Gasteiger partial charge in [0.25, 0.3) is 0 Å². The molecule has 1 aromatic carbocycles. The Kier molecular flexibility index (Phi) is 4.94. The van der Waals surface area contributed by atoms with E-state index in [0.717, 1.165) is 5.69 Å². The van der Waals surface area contributed by atoms with Crippen LogP contribution in [0, 0.1) is 0 Å². The van der Waals surface area contributed by atoms with Gasteiger partial charge in [-0.3, -0.25) is 0 Å². The van der Waals surface area contributed by atoms with Gasteiger partial charge >= 0.3 is 5.97 Å². The number of aromatic nitrogens is 4. The van der Waals surface area contributed by atoms with Crippen molar-refractivity contribution in [2.24, 2.45) is 0 Å². The van der Waals surface area contributed by atoms with Gasteiger partial charge < -0.3 is 9.84 Å². The van der Waals surface area contributed by atoms with Crippen molar-refractivity contribution in [3.8, 4) is 11.4 Å². The van der Waals surface area contributed by atoms with Crippen LogP contribution < -0.4 is 0 Å². The molecule has 21 heavy (non-hydrogen) atoms. The molecule has 0 unspecified atom stereocenters. The molecule has 7 nitrogen and oxygen atoms in total. The number of carbonyl (C=O) groups excluding carboxylic acids is 1. The molecule has 1 N–H and O–H groups in total. The highest BCUT2D eigenvalue weighted by molar-refractivity contribution is 7.99. The van der Waals surface area contributed by atoms with Crippen molar-refractivity contribution in [1.29, 1.82) is 0 Å². The number of methoxy groups -OCH3 is 1. The Morgan fingerprint density at radius 1 is 1.43 bits per heavy atom. The zero-order valence-corrected chi connectivity index (χ0v) is 12.4. The zero-order chi connectivity index (χ0) is 15.2. The average molecular weight is 306 g/mol. The molecule has 0 bridgehead atoms. The molecule has 0 atom stereocenters. The lowest BCUT2D eigenvalue weighted by atomic mass is 10.3. The van der Waals surface area contributed by atoms with E-state index >= 15 is 0 Å². The van der Waals surface area contributed by atoms with E-state index in [-0.39, 0.29) is 11.7 Å². The summed E-state index contributed by atoms with van der Waals surface area (Å²) in [6.07, 6.45) is 1.76. The molecule has 1 aromatic heterocycles. The van der Waals surface area contributed by atoms with E-state index in [0.29, 0.717) is 16.5 Å². The van der Waals surface area contributed by atoms with Gasteiger partial charge in [0, 0.05) is 11.3 Å². The number of hydrogen-bond donors (Lipinski definition) is 1. The standard InChI is InChI=1S/C13H14N4O3S/c1-9(12(19)20-2)7-8-21-13-14-15-16-17(13)10-3-5-11(18)6-4-10/h3-7,18H,8H2,1-2H3. The number of esters is 1. The molecule has 110 valence electrons. The Morgan fingerprint density at radius 2 is 2.14 bits per heavy atom. The Bertz CT molecular complexity index is 652. The molecule has 0 fully saturated rings. The number of carbonyl (C=O) groups is 1. The molecule has 2 rings (SSSR count). The summed E-state index contributed by atoms with van der Waals surface area (Å²) in [5.41, 5.74) is 1.28. The molecule has 8 heteroatoms.